The molecule has 1 fully saturated rings. The zero-order chi connectivity index (χ0) is 25.3. The summed E-state index contributed by atoms with van der Waals surface area (Å²) in [5.41, 5.74) is 3.16. The van der Waals surface area contributed by atoms with Crippen molar-refractivity contribution < 1.29 is 14.0 Å². The number of thiophene rings is 1. The van der Waals surface area contributed by atoms with Crippen molar-refractivity contribution in [1.82, 2.24) is 9.80 Å². The highest BCUT2D eigenvalue weighted by Gasteiger charge is 2.29. The maximum absolute atomic E-state index is 13.7. The summed E-state index contributed by atoms with van der Waals surface area (Å²) in [6.07, 6.45) is 6.34. The van der Waals surface area contributed by atoms with E-state index in [4.69, 9.17) is 0 Å². The second-order valence-corrected chi connectivity index (χ2v) is 10.7. The maximum Gasteiger partial charge on any atom is 0.242 e. The number of carbonyl (C=O) groups excluding carboxylic acids is 2. The van der Waals surface area contributed by atoms with E-state index in [0.29, 0.717) is 25.9 Å². The topological polar surface area (TPSA) is 40.6 Å². The molecule has 1 saturated carbocycles. The Hall–Kier alpha value is -2.99. The SMILES string of the molecule is Cc1ccsc1CN(Cc1ccc(F)cc1)C(=O)CN(C(=O)CCc1ccccc1)C1CCCCC1. The highest BCUT2D eigenvalue weighted by Crippen LogP contribution is 2.25. The van der Waals surface area contributed by atoms with Gasteiger partial charge in [0.2, 0.25) is 11.8 Å². The van der Waals surface area contributed by atoms with Crippen molar-refractivity contribution in [3.8, 4) is 0 Å². The first-order valence-corrected chi connectivity index (χ1v) is 13.8. The third-order valence-corrected chi connectivity index (χ3v) is 8.06. The van der Waals surface area contributed by atoms with E-state index in [-0.39, 0.29) is 30.2 Å². The second-order valence-electron chi connectivity index (χ2n) is 9.70. The van der Waals surface area contributed by atoms with Crippen molar-refractivity contribution in [2.24, 2.45) is 0 Å². The average molecular weight is 507 g/mol. The minimum absolute atomic E-state index is 0.0492. The van der Waals surface area contributed by atoms with Gasteiger partial charge in [-0.2, -0.15) is 0 Å². The minimum atomic E-state index is -0.293. The second kappa shape index (κ2) is 12.8. The number of aryl methyl sites for hydroxylation is 2. The van der Waals surface area contributed by atoms with Crippen molar-refractivity contribution in [2.75, 3.05) is 6.54 Å². The molecule has 0 saturated heterocycles. The largest absolute Gasteiger partial charge is 0.332 e. The molecule has 3 aromatic rings. The number of amides is 2. The van der Waals surface area contributed by atoms with Crippen LogP contribution in [0.1, 0.15) is 60.1 Å². The van der Waals surface area contributed by atoms with Crippen LogP contribution >= 0.6 is 11.3 Å². The standard InChI is InChI=1S/C30H35FN2O2S/c1-23-18-19-36-28(23)21-32(20-25-12-15-26(31)16-13-25)30(35)22-33(27-10-6-3-7-11-27)29(34)17-14-24-8-4-2-5-9-24/h2,4-5,8-9,12-13,15-16,18-19,27H,3,6-7,10-11,14,17,20-22H2,1H3. The van der Waals surface area contributed by atoms with E-state index < -0.39 is 0 Å². The number of carbonyl (C=O) groups is 2. The molecule has 0 atom stereocenters. The van der Waals surface area contributed by atoms with Crippen molar-refractivity contribution in [3.63, 3.8) is 0 Å². The van der Waals surface area contributed by atoms with Gasteiger partial charge in [0.25, 0.3) is 0 Å². The number of hydrogen-bond donors (Lipinski definition) is 0. The Balaban J connectivity index is 1.51. The van der Waals surface area contributed by atoms with Gasteiger partial charge in [-0.05, 0) is 66.5 Å². The predicted octanol–water partition coefficient (Wildman–Crippen LogP) is 6.52. The summed E-state index contributed by atoms with van der Waals surface area (Å²) in [5.74, 6) is -0.308. The molecule has 0 aliphatic heterocycles. The lowest BCUT2D eigenvalue weighted by Gasteiger charge is -2.35. The van der Waals surface area contributed by atoms with E-state index >= 15 is 0 Å². The van der Waals surface area contributed by atoms with Gasteiger partial charge in [-0.15, -0.1) is 11.3 Å². The van der Waals surface area contributed by atoms with Crippen LogP contribution in [0.2, 0.25) is 0 Å². The molecule has 190 valence electrons. The van der Waals surface area contributed by atoms with E-state index in [0.717, 1.165) is 47.3 Å². The molecule has 1 aliphatic rings. The first-order valence-electron chi connectivity index (χ1n) is 12.9. The molecule has 0 unspecified atom stereocenters. The fraction of sp³-hybridized carbons (Fsp3) is 0.400. The zero-order valence-electron chi connectivity index (χ0n) is 21.0. The molecule has 4 nitrogen and oxygen atoms in total. The van der Waals surface area contributed by atoms with Crippen LogP contribution in [0.5, 0.6) is 0 Å². The molecule has 1 aliphatic carbocycles. The van der Waals surface area contributed by atoms with E-state index in [1.165, 1.54) is 18.6 Å². The Labute approximate surface area is 217 Å². The van der Waals surface area contributed by atoms with Gasteiger partial charge in [0.15, 0.2) is 0 Å². The molecule has 0 spiro atoms. The van der Waals surface area contributed by atoms with Gasteiger partial charge in [0, 0.05) is 23.9 Å². The number of halogens is 1. The van der Waals surface area contributed by atoms with Crippen LogP contribution in [-0.2, 0) is 29.1 Å². The molecule has 2 aromatic carbocycles. The molecular weight excluding hydrogens is 471 g/mol. The summed E-state index contributed by atoms with van der Waals surface area (Å²) in [4.78, 5) is 32.0. The Kier molecular flexibility index (Phi) is 9.29. The van der Waals surface area contributed by atoms with E-state index in [1.54, 1.807) is 23.5 Å². The summed E-state index contributed by atoms with van der Waals surface area (Å²) >= 11 is 1.63. The Morgan fingerprint density at radius 1 is 0.889 bits per heavy atom. The van der Waals surface area contributed by atoms with Gasteiger partial charge < -0.3 is 9.80 Å². The highest BCUT2D eigenvalue weighted by atomic mass is 32.1. The van der Waals surface area contributed by atoms with Crippen LogP contribution in [0.4, 0.5) is 4.39 Å². The summed E-state index contributed by atoms with van der Waals surface area (Å²) in [7, 11) is 0. The molecular formula is C30H35FN2O2S. The van der Waals surface area contributed by atoms with Gasteiger partial charge in [0.1, 0.15) is 12.4 Å². The van der Waals surface area contributed by atoms with Crippen LogP contribution in [-0.4, -0.2) is 34.2 Å². The van der Waals surface area contributed by atoms with Crippen LogP contribution in [0, 0.1) is 12.7 Å². The quantitative estimate of drug-likeness (QED) is 0.314. The van der Waals surface area contributed by atoms with Gasteiger partial charge in [-0.3, -0.25) is 9.59 Å². The van der Waals surface area contributed by atoms with Crippen LogP contribution in [0.3, 0.4) is 0 Å². The molecule has 36 heavy (non-hydrogen) atoms. The average Bonchev–Trinajstić information content (AvgIpc) is 3.31. The maximum atomic E-state index is 13.7. The summed E-state index contributed by atoms with van der Waals surface area (Å²) in [6.45, 7) is 3.00. The molecule has 2 amide bonds. The first kappa shape index (κ1) is 26.1. The third-order valence-electron chi connectivity index (χ3n) is 7.05. The van der Waals surface area contributed by atoms with Crippen LogP contribution < -0.4 is 0 Å². The van der Waals surface area contributed by atoms with Crippen molar-refractivity contribution in [3.05, 3.63) is 93.4 Å². The number of hydrogen-bond acceptors (Lipinski definition) is 3. The van der Waals surface area contributed by atoms with Crippen molar-refractivity contribution >= 4 is 23.2 Å². The Morgan fingerprint density at radius 2 is 1.61 bits per heavy atom. The summed E-state index contributed by atoms with van der Waals surface area (Å²) in [5, 5.41) is 2.03. The molecule has 1 heterocycles. The third kappa shape index (κ3) is 7.26. The van der Waals surface area contributed by atoms with Gasteiger partial charge >= 0.3 is 0 Å². The van der Waals surface area contributed by atoms with E-state index in [1.807, 2.05) is 52.4 Å². The summed E-state index contributed by atoms with van der Waals surface area (Å²) in [6, 6.07) is 18.5. The lowest BCUT2D eigenvalue weighted by atomic mass is 9.93. The normalized spacial score (nSPS) is 13.9. The molecule has 0 radical (unpaired) electrons. The fourth-order valence-electron chi connectivity index (χ4n) is 4.88. The summed E-state index contributed by atoms with van der Waals surface area (Å²) < 4.78 is 13.5. The number of nitrogens with zero attached hydrogens (tertiary/aromatic N) is 2. The Bertz CT molecular complexity index is 1120. The van der Waals surface area contributed by atoms with Crippen molar-refractivity contribution in [1.29, 1.82) is 0 Å². The molecule has 1 aromatic heterocycles. The first-order chi connectivity index (χ1) is 17.5. The Morgan fingerprint density at radius 3 is 2.28 bits per heavy atom. The smallest absolute Gasteiger partial charge is 0.242 e. The van der Waals surface area contributed by atoms with Gasteiger partial charge in [-0.25, -0.2) is 4.39 Å². The van der Waals surface area contributed by atoms with Crippen LogP contribution in [0.25, 0.3) is 0 Å². The molecule has 4 rings (SSSR count). The fourth-order valence-corrected chi connectivity index (χ4v) is 5.80. The number of rotatable bonds is 10. The zero-order valence-corrected chi connectivity index (χ0v) is 21.8. The predicted molar refractivity (Wildman–Crippen MR) is 143 cm³/mol. The van der Waals surface area contributed by atoms with E-state index in [2.05, 4.69) is 6.07 Å². The monoisotopic (exact) mass is 506 g/mol. The van der Waals surface area contributed by atoms with Gasteiger partial charge in [-0.1, -0.05) is 61.7 Å². The molecule has 6 heteroatoms. The van der Waals surface area contributed by atoms with E-state index in [9.17, 15) is 14.0 Å². The molecule has 0 bridgehead atoms. The minimum Gasteiger partial charge on any atom is -0.332 e. The van der Waals surface area contributed by atoms with Crippen molar-refractivity contribution in [2.45, 2.75) is 71.0 Å². The lowest BCUT2D eigenvalue weighted by molar-refractivity contribution is -0.143. The lowest BCUT2D eigenvalue weighted by Crippen LogP contribution is -2.48. The highest BCUT2D eigenvalue weighted by molar-refractivity contribution is 7.10. The molecule has 0 N–H and O–H groups in total. The number of benzene rings is 2. The van der Waals surface area contributed by atoms with Crippen LogP contribution in [0.15, 0.2) is 66.0 Å². The van der Waals surface area contributed by atoms with Gasteiger partial charge in [0.05, 0.1) is 6.54 Å².